The molecule has 24 heavy (non-hydrogen) atoms. The zero-order valence-electron chi connectivity index (χ0n) is 16.6. The highest BCUT2D eigenvalue weighted by Crippen LogP contribution is 2.13. The molecule has 0 spiro atoms. The van der Waals surface area contributed by atoms with Gasteiger partial charge in [-0.25, -0.2) is 4.79 Å². The highest BCUT2D eigenvalue weighted by atomic mass is 16.7. The van der Waals surface area contributed by atoms with Crippen LogP contribution in [0, 0.1) is 0 Å². The first-order chi connectivity index (χ1) is 11.7. The fourth-order valence-electron chi connectivity index (χ4n) is 2.83. The third-order valence-corrected chi connectivity index (χ3v) is 4.31. The molecule has 3 heteroatoms. The van der Waals surface area contributed by atoms with Gasteiger partial charge < -0.3 is 4.84 Å². The fraction of sp³-hybridized carbons (Fsp3) is 0.905. The van der Waals surface area contributed by atoms with Crippen LogP contribution in [0.1, 0.15) is 124 Å². The summed E-state index contributed by atoms with van der Waals surface area (Å²) < 4.78 is 0. The Morgan fingerprint density at radius 1 is 0.667 bits per heavy atom. The third-order valence-electron chi connectivity index (χ3n) is 4.31. The molecule has 0 heterocycles. The lowest BCUT2D eigenvalue weighted by molar-refractivity contribution is -0.143. The van der Waals surface area contributed by atoms with E-state index in [1.807, 2.05) is 13.8 Å². The van der Waals surface area contributed by atoms with E-state index >= 15 is 0 Å². The normalized spacial score (nSPS) is 10.6. The van der Waals surface area contributed by atoms with Crippen molar-refractivity contribution in [3.63, 3.8) is 0 Å². The molecule has 0 aliphatic heterocycles. The van der Waals surface area contributed by atoms with Crippen molar-refractivity contribution in [3.05, 3.63) is 0 Å². The summed E-state index contributed by atoms with van der Waals surface area (Å²) in [7, 11) is 0. The lowest BCUT2D eigenvalue weighted by Gasteiger charge is -2.03. The van der Waals surface area contributed by atoms with Crippen molar-refractivity contribution in [1.29, 1.82) is 0 Å². The molecule has 3 nitrogen and oxygen atoms in total. The number of nitrogens with zero attached hydrogens (tertiary/aromatic N) is 1. The topological polar surface area (TPSA) is 38.7 Å². The lowest BCUT2D eigenvalue weighted by atomic mass is 10.0. The Balaban J connectivity index is 3.12. The van der Waals surface area contributed by atoms with E-state index in [0.717, 1.165) is 18.6 Å². The van der Waals surface area contributed by atoms with Gasteiger partial charge in [-0.05, 0) is 20.3 Å². The molecule has 0 saturated carbocycles. The summed E-state index contributed by atoms with van der Waals surface area (Å²) in [4.78, 5) is 16.1. The van der Waals surface area contributed by atoms with E-state index < -0.39 is 0 Å². The fourth-order valence-corrected chi connectivity index (χ4v) is 2.83. The van der Waals surface area contributed by atoms with Crippen LogP contribution in [0.15, 0.2) is 5.16 Å². The Bertz CT molecular complexity index is 309. The number of oxime groups is 1. The van der Waals surface area contributed by atoms with Crippen LogP contribution >= 0.6 is 0 Å². The number of unbranched alkanes of at least 4 members (excludes halogenated alkanes) is 14. The standard InChI is InChI=1S/C21H41NO2/c1-4-5-6-7-8-9-10-11-12-13-14-15-16-17-18-19-21(23)24-22-20(2)3/h4-19H2,1-3H3. The number of carbonyl (C=O) groups is 1. The molecule has 0 bridgehead atoms. The molecule has 142 valence electrons. The van der Waals surface area contributed by atoms with Crippen molar-refractivity contribution in [2.75, 3.05) is 0 Å². The van der Waals surface area contributed by atoms with Crippen molar-refractivity contribution in [2.45, 2.75) is 124 Å². The Labute approximate surface area is 150 Å². The highest BCUT2D eigenvalue weighted by Gasteiger charge is 2.02. The van der Waals surface area contributed by atoms with Crippen molar-refractivity contribution in [3.8, 4) is 0 Å². The Kier molecular flexibility index (Phi) is 17.8. The van der Waals surface area contributed by atoms with Crippen molar-refractivity contribution in [1.82, 2.24) is 0 Å². The van der Waals surface area contributed by atoms with Crippen LogP contribution in [0.25, 0.3) is 0 Å². The average Bonchev–Trinajstić information content (AvgIpc) is 2.56. The summed E-state index contributed by atoms with van der Waals surface area (Å²) in [6.07, 6.45) is 20.5. The van der Waals surface area contributed by atoms with Gasteiger partial charge in [0.25, 0.3) is 0 Å². The van der Waals surface area contributed by atoms with E-state index in [1.54, 1.807) is 0 Å². The van der Waals surface area contributed by atoms with Crippen LogP contribution in [-0.4, -0.2) is 11.7 Å². The summed E-state index contributed by atoms with van der Waals surface area (Å²) in [6.45, 7) is 5.92. The summed E-state index contributed by atoms with van der Waals surface area (Å²) in [5, 5.41) is 3.68. The van der Waals surface area contributed by atoms with Gasteiger partial charge in [-0.1, -0.05) is 102 Å². The average molecular weight is 340 g/mol. The minimum absolute atomic E-state index is 0.203. The molecule has 0 saturated heterocycles. The summed E-state index contributed by atoms with van der Waals surface area (Å²) in [6, 6.07) is 0. The first-order valence-electron chi connectivity index (χ1n) is 10.4. The predicted molar refractivity (Wildman–Crippen MR) is 104 cm³/mol. The molecule has 0 unspecified atom stereocenters. The molecule has 0 aliphatic carbocycles. The van der Waals surface area contributed by atoms with E-state index in [0.29, 0.717) is 6.42 Å². The molecule has 0 rings (SSSR count). The van der Waals surface area contributed by atoms with Gasteiger partial charge in [0.05, 0.1) is 5.71 Å². The van der Waals surface area contributed by atoms with Crippen LogP contribution in [0.5, 0.6) is 0 Å². The van der Waals surface area contributed by atoms with Crippen LogP contribution < -0.4 is 0 Å². The van der Waals surface area contributed by atoms with Crippen LogP contribution in [-0.2, 0) is 9.63 Å². The minimum atomic E-state index is -0.203. The van der Waals surface area contributed by atoms with E-state index in [9.17, 15) is 4.79 Å². The SMILES string of the molecule is CCCCCCCCCCCCCCCCCC(=O)ON=C(C)C. The molecule has 0 fully saturated rings. The second kappa shape index (κ2) is 18.5. The Morgan fingerprint density at radius 3 is 1.42 bits per heavy atom. The molecule has 0 aromatic heterocycles. The van der Waals surface area contributed by atoms with Crippen molar-refractivity contribution < 1.29 is 9.63 Å². The van der Waals surface area contributed by atoms with E-state index in [-0.39, 0.29) is 5.97 Å². The second-order valence-corrected chi connectivity index (χ2v) is 7.20. The number of carbonyl (C=O) groups excluding carboxylic acids is 1. The second-order valence-electron chi connectivity index (χ2n) is 7.20. The Hall–Kier alpha value is -0.860. The largest absolute Gasteiger partial charge is 0.335 e. The maximum Gasteiger partial charge on any atom is 0.335 e. The molecule has 0 radical (unpaired) electrons. The number of hydrogen-bond acceptors (Lipinski definition) is 3. The third kappa shape index (κ3) is 19.2. The molecule has 0 aromatic carbocycles. The smallest absolute Gasteiger partial charge is 0.318 e. The molecular formula is C21H41NO2. The Morgan fingerprint density at radius 2 is 1.04 bits per heavy atom. The van der Waals surface area contributed by atoms with Crippen LogP contribution in [0.2, 0.25) is 0 Å². The number of hydrogen-bond donors (Lipinski definition) is 0. The van der Waals surface area contributed by atoms with Crippen molar-refractivity contribution >= 4 is 11.7 Å². The van der Waals surface area contributed by atoms with Gasteiger partial charge in [-0.15, -0.1) is 0 Å². The van der Waals surface area contributed by atoms with Gasteiger partial charge in [-0.3, -0.25) is 0 Å². The zero-order chi connectivity index (χ0) is 17.9. The predicted octanol–water partition coefficient (Wildman–Crippen LogP) is 7.19. The molecule has 0 amide bonds. The zero-order valence-corrected chi connectivity index (χ0v) is 16.6. The van der Waals surface area contributed by atoms with Crippen LogP contribution in [0.4, 0.5) is 0 Å². The van der Waals surface area contributed by atoms with E-state index in [1.165, 1.54) is 83.5 Å². The summed E-state index contributed by atoms with van der Waals surface area (Å²) >= 11 is 0. The number of rotatable bonds is 17. The summed E-state index contributed by atoms with van der Waals surface area (Å²) in [5.74, 6) is -0.203. The molecule has 0 aliphatic rings. The monoisotopic (exact) mass is 339 g/mol. The molecule has 0 atom stereocenters. The molecule has 0 aromatic rings. The maximum absolute atomic E-state index is 11.4. The van der Waals surface area contributed by atoms with E-state index in [4.69, 9.17) is 4.84 Å². The molecule has 0 N–H and O–H groups in total. The first kappa shape index (κ1) is 23.1. The van der Waals surface area contributed by atoms with Crippen LogP contribution in [0.3, 0.4) is 0 Å². The van der Waals surface area contributed by atoms with Crippen molar-refractivity contribution in [2.24, 2.45) is 5.16 Å². The first-order valence-corrected chi connectivity index (χ1v) is 10.4. The van der Waals surface area contributed by atoms with E-state index in [2.05, 4.69) is 12.1 Å². The van der Waals surface area contributed by atoms with Gasteiger partial charge in [0, 0.05) is 6.42 Å². The van der Waals surface area contributed by atoms with Gasteiger partial charge in [0.2, 0.25) is 0 Å². The minimum Gasteiger partial charge on any atom is -0.318 e. The van der Waals surface area contributed by atoms with Gasteiger partial charge >= 0.3 is 5.97 Å². The van der Waals surface area contributed by atoms with Gasteiger partial charge in [-0.2, -0.15) is 0 Å². The quantitative estimate of drug-likeness (QED) is 0.122. The maximum atomic E-state index is 11.4. The summed E-state index contributed by atoms with van der Waals surface area (Å²) in [5.41, 5.74) is 0.778. The molecular weight excluding hydrogens is 298 g/mol. The lowest BCUT2D eigenvalue weighted by Crippen LogP contribution is -2.00. The van der Waals surface area contributed by atoms with Gasteiger partial charge in [0.1, 0.15) is 0 Å². The highest BCUT2D eigenvalue weighted by molar-refractivity contribution is 5.79. The van der Waals surface area contributed by atoms with Gasteiger partial charge in [0.15, 0.2) is 0 Å².